The predicted molar refractivity (Wildman–Crippen MR) is 167 cm³/mol. The fourth-order valence-corrected chi connectivity index (χ4v) is 5.32. The smallest absolute Gasteiger partial charge is 0.253 e. The molecule has 2 amide bonds. The molecule has 11 heteroatoms. The van der Waals surface area contributed by atoms with Gasteiger partial charge in [0.05, 0.1) is 6.54 Å². The molecule has 6 rings (SSSR count). The standard InChI is InChI=1S/C35H28F4N4O3/c36-26-6-3-22(4-7-26)29-17-24(28-8-5-23(18-30(28)37)34(45)43-13-11-35(38,39)12-14-43)15-25-16-27(46-33(25)29)20-42-32(44)10-2-21-1-9-31(40)41-19-21/h1-10,15-19H,11-14,20H2,(H2,40,41)(H,42,44)/b10-2+. The minimum absolute atomic E-state index is 0.0592. The maximum Gasteiger partial charge on any atom is 0.253 e. The fraction of sp³-hybridized carbons (Fsp3) is 0.171. The van der Waals surface area contributed by atoms with E-state index in [2.05, 4.69) is 10.3 Å². The van der Waals surface area contributed by atoms with Gasteiger partial charge in [0.15, 0.2) is 0 Å². The molecule has 3 heterocycles. The second-order valence-corrected chi connectivity index (χ2v) is 11.1. The number of alkyl halides is 2. The first-order valence-electron chi connectivity index (χ1n) is 14.5. The lowest BCUT2D eigenvalue weighted by atomic mass is 9.95. The van der Waals surface area contributed by atoms with Gasteiger partial charge < -0.3 is 20.4 Å². The van der Waals surface area contributed by atoms with E-state index in [0.29, 0.717) is 44.8 Å². The van der Waals surface area contributed by atoms with Crippen LogP contribution in [0.3, 0.4) is 0 Å². The molecule has 7 nitrogen and oxygen atoms in total. The van der Waals surface area contributed by atoms with Crippen LogP contribution in [0.5, 0.6) is 0 Å². The van der Waals surface area contributed by atoms with Crippen LogP contribution in [-0.4, -0.2) is 40.7 Å². The van der Waals surface area contributed by atoms with Gasteiger partial charge in [-0.15, -0.1) is 0 Å². The Bertz CT molecular complexity index is 1940. The molecular weight excluding hydrogens is 600 g/mol. The number of carbonyl (C=O) groups excluding carboxylic acids is 2. The third-order valence-corrected chi connectivity index (χ3v) is 7.80. The van der Waals surface area contributed by atoms with Gasteiger partial charge in [-0.25, -0.2) is 22.5 Å². The van der Waals surface area contributed by atoms with Gasteiger partial charge in [-0.05, 0) is 77.4 Å². The summed E-state index contributed by atoms with van der Waals surface area (Å²) in [5, 5.41) is 3.37. The first-order chi connectivity index (χ1) is 22.0. The van der Waals surface area contributed by atoms with Gasteiger partial charge in [0.2, 0.25) is 5.91 Å². The normalized spacial score (nSPS) is 14.6. The molecule has 234 valence electrons. The van der Waals surface area contributed by atoms with Crippen LogP contribution < -0.4 is 11.1 Å². The number of amides is 2. The maximum absolute atomic E-state index is 15.6. The Morgan fingerprint density at radius 3 is 2.39 bits per heavy atom. The number of benzene rings is 3. The number of anilines is 1. The van der Waals surface area contributed by atoms with Crippen molar-refractivity contribution in [3.8, 4) is 22.3 Å². The number of nitrogens with two attached hydrogens (primary N) is 1. The van der Waals surface area contributed by atoms with Gasteiger partial charge in [0, 0.05) is 60.3 Å². The van der Waals surface area contributed by atoms with Crippen molar-refractivity contribution in [1.82, 2.24) is 15.2 Å². The Hall–Kier alpha value is -5.45. The van der Waals surface area contributed by atoms with Gasteiger partial charge >= 0.3 is 0 Å². The SMILES string of the molecule is Nc1ccc(/C=C/C(=O)NCc2cc3cc(-c4ccc(C(=O)N5CCC(F)(F)CC5)cc4F)cc(-c4ccc(F)cc4)c3o2)cn1. The van der Waals surface area contributed by atoms with E-state index in [1.165, 1.54) is 35.2 Å². The number of furan rings is 1. The van der Waals surface area contributed by atoms with E-state index in [4.69, 9.17) is 10.2 Å². The van der Waals surface area contributed by atoms with Gasteiger partial charge in [0.1, 0.15) is 28.8 Å². The molecule has 0 bridgehead atoms. The second-order valence-electron chi connectivity index (χ2n) is 11.1. The number of carbonyl (C=O) groups is 2. The summed E-state index contributed by atoms with van der Waals surface area (Å²) in [6.07, 6.45) is 3.63. The summed E-state index contributed by atoms with van der Waals surface area (Å²) in [5.41, 5.74) is 8.66. The van der Waals surface area contributed by atoms with E-state index in [-0.39, 0.29) is 36.7 Å². The minimum Gasteiger partial charge on any atom is -0.459 e. The highest BCUT2D eigenvalue weighted by molar-refractivity contribution is 5.98. The molecule has 1 fully saturated rings. The van der Waals surface area contributed by atoms with E-state index in [1.54, 1.807) is 54.7 Å². The van der Waals surface area contributed by atoms with Crippen molar-refractivity contribution in [2.45, 2.75) is 25.3 Å². The Kier molecular flexibility index (Phi) is 8.31. The van der Waals surface area contributed by atoms with Gasteiger partial charge in [-0.2, -0.15) is 0 Å². The Morgan fingerprint density at radius 2 is 1.70 bits per heavy atom. The zero-order valence-corrected chi connectivity index (χ0v) is 24.4. The topological polar surface area (TPSA) is 101 Å². The number of piperidine rings is 1. The molecule has 1 aliphatic heterocycles. The van der Waals surface area contributed by atoms with E-state index in [1.807, 2.05) is 0 Å². The number of nitrogens with one attached hydrogen (secondary N) is 1. The number of hydrogen-bond acceptors (Lipinski definition) is 5. The molecule has 3 aromatic carbocycles. The first-order valence-corrected chi connectivity index (χ1v) is 14.5. The summed E-state index contributed by atoms with van der Waals surface area (Å²) in [5.74, 6) is -3.98. The van der Waals surface area contributed by atoms with Crippen LogP contribution >= 0.6 is 0 Å². The quantitative estimate of drug-likeness (QED) is 0.146. The molecule has 0 radical (unpaired) electrons. The number of aromatic nitrogens is 1. The molecule has 46 heavy (non-hydrogen) atoms. The van der Waals surface area contributed by atoms with Crippen LogP contribution in [0.15, 0.2) is 89.5 Å². The van der Waals surface area contributed by atoms with E-state index >= 15 is 4.39 Å². The summed E-state index contributed by atoms with van der Waals surface area (Å²) < 4.78 is 62.6. The number of hydrogen-bond donors (Lipinski definition) is 2. The highest BCUT2D eigenvalue weighted by Crippen LogP contribution is 2.37. The van der Waals surface area contributed by atoms with Crippen LogP contribution in [0.4, 0.5) is 23.4 Å². The number of fused-ring (bicyclic) bond motifs is 1. The average molecular weight is 629 g/mol. The lowest BCUT2D eigenvalue weighted by Crippen LogP contribution is -2.42. The molecule has 0 atom stereocenters. The Labute approximate surface area is 261 Å². The van der Waals surface area contributed by atoms with Crippen LogP contribution in [0.25, 0.3) is 39.3 Å². The molecule has 2 aromatic heterocycles. The van der Waals surface area contributed by atoms with Crippen molar-refractivity contribution < 1.29 is 31.6 Å². The monoisotopic (exact) mass is 628 g/mol. The van der Waals surface area contributed by atoms with Crippen LogP contribution in [-0.2, 0) is 11.3 Å². The average Bonchev–Trinajstić information content (AvgIpc) is 3.46. The third kappa shape index (κ3) is 6.78. The highest BCUT2D eigenvalue weighted by Gasteiger charge is 2.36. The molecule has 1 saturated heterocycles. The van der Waals surface area contributed by atoms with Crippen LogP contribution in [0.1, 0.15) is 34.5 Å². The lowest BCUT2D eigenvalue weighted by Gasteiger charge is -2.31. The molecular formula is C35H28F4N4O3. The molecule has 0 aliphatic carbocycles. The highest BCUT2D eigenvalue weighted by atomic mass is 19.3. The van der Waals surface area contributed by atoms with E-state index < -0.39 is 36.3 Å². The molecule has 0 saturated carbocycles. The minimum atomic E-state index is -2.81. The predicted octanol–water partition coefficient (Wildman–Crippen LogP) is 7.22. The summed E-state index contributed by atoms with van der Waals surface area (Å²) in [7, 11) is 0. The number of rotatable bonds is 7. The molecule has 0 spiro atoms. The van der Waals surface area contributed by atoms with Crippen molar-refractivity contribution in [3.63, 3.8) is 0 Å². The van der Waals surface area contributed by atoms with E-state index in [0.717, 1.165) is 6.07 Å². The number of nitrogens with zero attached hydrogens (tertiary/aromatic N) is 2. The van der Waals surface area contributed by atoms with Crippen molar-refractivity contribution in [2.24, 2.45) is 0 Å². The summed E-state index contributed by atoms with van der Waals surface area (Å²) in [4.78, 5) is 30.7. The molecule has 3 N–H and O–H groups in total. The van der Waals surface area contributed by atoms with Crippen LogP contribution in [0.2, 0.25) is 0 Å². The Balaban J connectivity index is 1.27. The zero-order chi connectivity index (χ0) is 32.4. The molecule has 1 aliphatic rings. The summed E-state index contributed by atoms with van der Waals surface area (Å²) >= 11 is 0. The summed E-state index contributed by atoms with van der Waals surface area (Å²) in [6, 6.07) is 18.3. The van der Waals surface area contributed by atoms with Gasteiger partial charge in [-0.1, -0.05) is 18.2 Å². The maximum atomic E-state index is 15.6. The zero-order valence-electron chi connectivity index (χ0n) is 24.4. The molecule has 0 unspecified atom stereocenters. The molecule has 5 aromatic rings. The Morgan fingerprint density at radius 1 is 0.935 bits per heavy atom. The summed E-state index contributed by atoms with van der Waals surface area (Å²) in [6.45, 7) is -0.150. The van der Waals surface area contributed by atoms with Crippen molar-refractivity contribution in [3.05, 3.63) is 114 Å². The third-order valence-electron chi connectivity index (χ3n) is 7.80. The van der Waals surface area contributed by atoms with E-state index in [9.17, 15) is 22.8 Å². The fourth-order valence-electron chi connectivity index (χ4n) is 5.32. The number of likely N-dealkylation sites (tertiary alicyclic amines) is 1. The number of nitrogen functional groups attached to an aromatic ring is 1. The van der Waals surface area contributed by atoms with Gasteiger partial charge in [-0.3, -0.25) is 9.59 Å². The number of pyridine rings is 1. The number of halogens is 4. The first kappa shape index (κ1) is 30.6. The lowest BCUT2D eigenvalue weighted by molar-refractivity contribution is -0.116. The second kappa shape index (κ2) is 12.5. The van der Waals surface area contributed by atoms with Crippen molar-refractivity contribution >= 4 is 34.7 Å². The van der Waals surface area contributed by atoms with Gasteiger partial charge in [0.25, 0.3) is 11.8 Å². The largest absolute Gasteiger partial charge is 0.459 e. The van der Waals surface area contributed by atoms with Crippen molar-refractivity contribution in [2.75, 3.05) is 18.8 Å². The van der Waals surface area contributed by atoms with Crippen molar-refractivity contribution in [1.29, 1.82) is 0 Å². The van der Waals surface area contributed by atoms with Crippen LogP contribution in [0, 0.1) is 11.6 Å².